The molecule has 9 heteroatoms. The number of aromatic nitrogens is 4. The highest BCUT2D eigenvalue weighted by Gasteiger charge is 2.25. The van der Waals surface area contributed by atoms with E-state index in [1.54, 1.807) is 25.6 Å². The van der Waals surface area contributed by atoms with Crippen LogP contribution in [0.2, 0.25) is 0 Å². The Morgan fingerprint density at radius 3 is 2.29 bits per heavy atom. The molecule has 9 nitrogen and oxygen atoms in total. The van der Waals surface area contributed by atoms with Gasteiger partial charge in [-0.25, -0.2) is 9.78 Å². The van der Waals surface area contributed by atoms with Gasteiger partial charge in [-0.3, -0.25) is 18.9 Å². The molecule has 1 saturated heterocycles. The van der Waals surface area contributed by atoms with Crippen LogP contribution in [0.3, 0.4) is 0 Å². The monoisotopic (exact) mass is 327 g/mol. The minimum absolute atomic E-state index is 0.00690. The van der Waals surface area contributed by atoms with E-state index in [1.807, 2.05) is 11.0 Å². The van der Waals surface area contributed by atoms with Gasteiger partial charge in [-0.2, -0.15) is 5.26 Å². The third kappa shape index (κ3) is 2.52. The number of hydrogen-bond donors (Lipinski definition) is 0. The molecule has 1 aliphatic rings. The third-order valence-electron chi connectivity index (χ3n) is 4.20. The SMILES string of the molecule is Cn1c(N2CCN(c3cnccn3)CC2)c(C#N)c(=O)n(C)c1=O. The summed E-state index contributed by atoms with van der Waals surface area (Å²) in [4.78, 5) is 36.7. The van der Waals surface area contributed by atoms with Crippen molar-refractivity contribution in [2.45, 2.75) is 0 Å². The molecule has 124 valence electrons. The first-order valence-corrected chi connectivity index (χ1v) is 7.50. The lowest BCUT2D eigenvalue weighted by atomic mass is 10.2. The van der Waals surface area contributed by atoms with Crippen molar-refractivity contribution in [2.24, 2.45) is 14.1 Å². The summed E-state index contributed by atoms with van der Waals surface area (Å²) in [7, 11) is 2.95. The molecule has 1 fully saturated rings. The van der Waals surface area contributed by atoms with E-state index in [0.717, 1.165) is 10.4 Å². The molecular weight excluding hydrogens is 310 g/mol. The van der Waals surface area contributed by atoms with Crippen molar-refractivity contribution in [3.63, 3.8) is 0 Å². The summed E-state index contributed by atoms with van der Waals surface area (Å²) in [5.41, 5.74) is -1.01. The Morgan fingerprint density at radius 2 is 1.71 bits per heavy atom. The molecule has 0 atom stereocenters. The lowest BCUT2D eigenvalue weighted by molar-refractivity contribution is 0.605. The third-order valence-corrected chi connectivity index (χ3v) is 4.20. The van der Waals surface area contributed by atoms with Gasteiger partial charge in [0.1, 0.15) is 17.7 Å². The zero-order valence-electron chi connectivity index (χ0n) is 13.5. The highest BCUT2D eigenvalue weighted by Crippen LogP contribution is 2.19. The number of hydrogen-bond acceptors (Lipinski definition) is 7. The lowest BCUT2D eigenvalue weighted by Gasteiger charge is -2.37. The van der Waals surface area contributed by atoms with Gasteiger partial charge in [0.15, 0.2) is 5.56 Å². The number of anilines is 2. The minimum atomic E-state index is -0.563. The second kappa shape index (κ2) is 6.16. The Hall–Kier alpha value is -3.15. The normalized spacial score (nSPS) is 14.5. The molecule has 0 bridgehead atoms. The second-order valence-electron chi connectivity index (χ2n) is 5.55. The number of rotatable bonds is 2. The summed E-state index contributed by atoms with van der Waals surface area (Å²) < 4.78 is 2.32. The van der Waals surface area contributed by atoms with Crippen LogP contribution in [0.5, 0.6) is 0 Å². The quantitative estimate of drug-likeness (QED) is 0.702. The summed E-state index contributed by atoms with van der Waals surface area (Å²) in [6, 6.07) is 1.94. The zero-order chi connectivity index (χ0) is 17.3. The Kier molecular flexibility index (Phi) is 4.04. The van der Waals surface area contributed by atoms with Crippen LogP contribution < -0.4 is 21.0 Å². The van der Waals surface area contributed by atoms with E-state index in [0.29, 0.717) is 32.0 Å². The molecule has 0 N–H and O–H groups in total. The molecule has 0 radical (unpaired) electrons. The van der Waals surface area contributed by atoms with Crippen LogP contribution in [0.1, 0.15) is 5.56 Å². The highest BCUT2D eigenvalue weighted by molar-refractivity contribution is 5.55. The van der Waals surface area contributed by atoms with Crippen molar-refractivity contribution in [1.82, 2.24) is 19.1 Å². The van der Waals surface area contributed by atoms with Crippen molar-refractivity contribution >= 4 is 11.6 Å². The van der Waals surface area contributed by atoms with E-state index in [-0.39, 0.29) is 5.56 Å². The first-order chi connectivity index (χ1) is 11.5. The van der Waals surface area contributed by atoms with Crippen molar-refractivity contribution in [3.8, 4) is 6.07 Å². The maximum Gasteiger partial charge on any atom is 0.332 e. The average Bonchev–Trinajstić information content (AvgIpc) is 2.63. The van der Waals surface area contributed by atoms with Gasteiger partial charge in [-0.05, 0) is 0 Å². The molecule has 0 aromatic carbocycles. The number of piperazine rings is 1. The van der Waals surface area contributed by atoms with Crippen LogP contribution in [0.4, 0.5) is 11.6 Å². The molecule has 0 amide bonds. The first-order valence-electron chi connectivity index (χ1n) is 7.50. The zero-order valence-corrected chi connectivity index (χ0v) is 13.5. The summed E-state index contributed by atoms with van der Waals surface area (Å²) in [6.07, 6.45) is 4.96. The number of nitriles is 1. The summed E-state index contributed by atoms with van der Waals surface area (Å²) >= 11 is 0. The largest absolute Gasteiger partial charge is 0.353 e. The van der Waals surface area contributed by atoms with E-state index in [1.165, 1.54) is 11.6 Å². The van der Waals surface area contributed by atoms with Gasteiger partial charge < -0.3 is 9.80 Å². The molecule has 0 spiro atoms. The van der Waals surface area contributed by atoms with Gasteiger partial charge in [0.25, 0.3) is 5.56 Å². The van der Waals surface area contributed by atoms with E-state index >= 15 is 0 Å². The predicted octanol–water partition coefficient (Wildman–Crippen LogP) is -0.928. The van der Waals surface area contributed by atoms with Crippen LogP contribution in [-0.2, 0) is 14.1 Å². The van der Waals surface area contributed by atoms with Gasteiger partial charge in [0, 0.05) is 52.7 Å². The highest BCUT2D eigenvalue weighted by atomic mass is 16.2. The molecule has 2 aromatic heterocycles. The molecule has 0 aliphatic carbocycles. The summed E-state index contributed by atoms with van der Waals surface area (Å²) in [5, 5.41) is 9.37. The van der Waals surface area contributed by atoms with Crippen LogP contribution in [-0.4, -0.2) is 45.3 Å². The summed E-state index contributed by atoms with van der Waals surface area (Å²) in [6.45, 7) is 2.47. The van der Waals surface area contributed by atoms with Crippen LogP contribution >= 0.6 is 0 Å². The predicted molar refractivity (Wildman–Crippen MR) is 88.1 cm³/mol. The van der Waals surface area contributed by atoms with Crippen molar-refractivity contribution in [3.05, 3.63) is 45.0 Å². The maximum absolute atomic E-state index is 12.2. The molecule has 0 unspecified atom stereocenters. The smallest absolute Gasteiger partial charge is 0.332 e. The van der Waals surface area contributed by atoms with Crippen LogP contribution in [0.25, 0.3) is 0 Å². The van der Waals surface area contributed by atoms with Gasteiger partial charge >= 0.3 is 5.69 Å². The van der Waals surface area contributed by atoms with Gasteiger partial charge in [-0.15, -0.1) is 0 Å². The van der Waals surface area contributed by atoms with E-state index < -0.39 is 11.2 Å². The fraction of sp³-hybridized carbons (Fsp3) is 0.400. The van der Waals surface area contributed by atoms with E-state index in [2.05, 4.69) is 14.9 Å². The summed E-state index contributed by atoms with van der Waals surface area (Å²) in [5.74, 6) is 1.17. The first kappa shape index (κ1) is 15.7. The standard InChI is InChI=1S/C15H17N7O2/c1-19-13(11(9-16)14(23)20(2)15(19)24)22-7-5-21(6-8-22)12-10-17-3-4-18-12/h3-4,10H,5-8H2,1-2H3. The molecule has 3 rings (SSSR count). The molecule has 24 heavy (non-hydrogen) atoms. The molecule has 1 aliphatic heterocycles. The Balaban J connectivity index is 1.92. The molecule has 0 saturated carbocycles. The molecule has 3 heterocycles. The van der Waals surface area contributed by atoms with Gasteiger partial charge in [0.2, 0.25) is 0 Å². The Morgan fingerprint density at radius 1 is 1.04 bits per heavy atom. The van der Waals surface area contributed by atoms with Crippen LogP contribution in [0, 0.1) is 11.3 Å². The Bertz CT molecular complexity index is 902. The van der Waals surface area contributed by atoms with Crippen molar-refractivity contribution < 1.29 is 0 Å². The second-order valence-corrected chi connectivity index (χ2v) is 5.55. The van der Waals surface area contributed by atoms with E-state index in [4.69, 9.17) is 0 Å². The molecular formula is C15H17N7O2. The van der Waals surface area contributed by atoms with Crippen molar-refractivity contribution in [1.29, 1.82) is 5.26 Å². The fourth-order valence-electron chi connectivity index (χ4n) is 2.90. The Labute approximate surface area is 138 Å². The number of nitrogens with zero attached hydrogens (tertiary/aromatic N) is 7. The maximum atomic E-state index is 12.2. The van der Waals surface area contributed by atoms with Crippen molar-refractivity contribution in [2.75, 3.05) is 36.0 Å². The van der Waals surface area contributed by atoms with E-state index in [9.17, 15) is 14.9 Å². The minimum Gasteiger partial charge on any atom is -0.353 e. The topological polar surface area (TPSA) is 100 Å². The van der Waals surface area contributed by atoms with Crippen LogP contribution in [0.15, 0.2) is 28.2 Å². The average molecular weight is 327 g/mol. The lowest BCUT2D eigenvalue weighted by Crippen LogP contribution is -2.50. The fourth-order valence-corrected chi connectivity index (χ4v) is 2.90. The van der Waals surface area contributed by atoms with Gasteiger partial charge in [0.05, 0.1) is 6.20 Å². The van der Waals surface area contributed by atoms with Gasteiger partial charge in [-0.1, -0.05) is 0 Å². The molecule has 2 aromatic rings.